The van der Waals surface area contributed by atoms with E-state index in [0.717, 1.165) is 22.5 Å². The lowest BCUT2D eigenvalue weighted by molar-refractivity contribution is 0.101. The molecule has 2 aromatic carbocycles. The van der Waals surface area contributed by atoms with Crippen LogP contribution >= 0.6 is 11.8 Å². The number of nitrogens with one attached hydrogen (secondary N) is 1. The van der Waals surface area contributed by atoms with Gasteiger partial charge in [-0.05, 0) is 36.4 Å². The summed E-state index contributed by atoms with van der Waals surface area (Å²) in [5.41, 5.74) is 6.57. The highest BCUT2D eigenvalue weighted by molar-refractivity contribution is 7.97. The lowest BCUT2D eigenvalue weighted by Crippen LogP contribution is -2.17. The fraction of sp³-hybridized carbons (Fsp3) is 0.174. The Hall–Kier alpha value is -2.92. The van der Waals surface area contributed by atoms with Gasteiger partial charge in [-0.15, -0.1) is 0 Å². The molecule has 0 saturated heterocycles. The van der Waals surface area contributed by atoms with Gasteiger partial charge in [0.1, 0.15) is 5.69 Å². The van der Waals surface area contributed by atoms with Gasteiger partial charge in [0.2, 0.25) is 0 Å². The molecular formula is C23H22N2O2S. The smallest absolute Gasteiger partial charge is 0.272 e. The van der Waals surface area contributed by atoms with Gasteiger partial charge in [-0.3, -0.25) is 4.79 Å². The number of fused-ring (bicyclic) bond motifs is 1. The van der Waals surface area contributed by atoms with Gasteiger partial charge in [0.15, 0.2) is 5.58 Å². The van der Waals surface area contributed by atoms with E-state index in [2.05, 4.69) is 48.8 Å². The van der Waals surface area contributed by atoms with Crippen molar-refractivity contribution in [3.63, 3.8) is 0 Å². The second kappa shape index (κ2) is 7.98. The zero-order valence-electron chi connectivity index (χ0n) is 15.9. The molecule has 1 N–H and O–H groups in total. The largest absolute Gasteiger partial charge is 0.463 e. The summed E-state index contributed by atoms with van der Waals surface area (Å²) in [4.78, 5) is 13.0. The second-order valence-electron chi connectivity index (χ2n) is 6.86. The van der Waals surface area contributed by atoms with E-state index < -0.39 is 0 Å². The molecule has 0 bridgehead atoms. The van der Waals surface area contributed by atoms with Crippen LogP contribution in [0.4, 0.5) is 5.69 Å². The molecule has 0 fully saturated rings. The molecule has 142 valence electrons. The second-order valence-corrected chi connectivity index (χ2v) is 7.72. The standard InChI is InChI=1S/C23H22N2O2S/c1-16-6-8-17(9-7-16)14-25-20-10-11-27-22(20)13-21(25)23(26)24-19-5-3-4-18(12-19)15-28-2/h3-13H,14-15H2,1-2H3,(H,24,26). The predicted octanol–water partition coefficient (Wildman–Crippen LogP) is 5.71. The zero-order chi connectivity index (χ0) is 19.5. The van der Waals surface area contributed by atoms with Crippen LogP contribution in [0.1, 0.15) is 27.2 Å². The molecule has 5 heteroatoms. The maximum Gasteiger partial charge on any atom is 0.272 e. The van der Waals surface area contributed by atoms with Crippen LogP contribution in [-0.2, 0) is 12.3 Å². The maximum atomic E-state index is 13.0. The van der Waals surface area contributed by atoms with Crippen molar-refractivity contribution in [1.29, 1.82) is 0 Å². The molecule has 28 heavy (non-hydrogen) atoms. The van der Waals surface area contributed by atoms with E-state index in [-0.39, 0.29) is 5.91 Å². The van der Waals surface area contributed by atoms with Crippen LogP contribution < -0.4 is 5.32 Å². The van der Waals surface area contributed by atoms with E-state index in [1.807, 2.05) is 34.9 Å². The molecule has 4 nitrogen and oxygen atoms in total. The number of aryl methyl sites for hydroxylation is 1. The van der Waals surface area contributed by atoms with E-state index in [4.69, 9.17) is 4.42 Å². The van der Waals surface area contributed by atoms with Gasteiger partial charge >= 0.3 is 0 Å². The molecule has 2 aromatic heterocycles. The van der Waals surface area contributed by atoms with Crippen LogP contribution in [0.25, 0.3) is 11.1 Å². The number of anilines is 1. The van der Waals surface area contributed by atoms with E-state index in [9.17, 15) is 4.79 Å². The average molecular weight is 391 g/mol. The number of hydrogen-bond acceptors (Lipinski definition) is 3. The van der Waals surface area contributed by atoms with Crippen molar-refractivity contribution < 1.29 is 9.21 Å². The molecule has 4 rings (SSSR count). The van der Waals surface area contributed by atoms with E-state index in [0.29, 0.717) is 17.8 Å². The normalized spacial score (nSPS) is 11.1. The first-order valence-corrected chi connectivity index (χ1v) is 10.5. The van der Waals surface area contributed by atoms with Gasteiger partial charge in [0.05, 0.1) is 11.8 Å². The molecular weight excluding hydrogens is 368 g/mol. The topological polar surface area (TPSA) is 47.2 Å². The van der Waals surface area contributed by atoms with Crippen molar-refractivity contribution in [3.05, 3.63) is 89.3 Å². The average Bonchev–Trinajstić information content (AvgIpc) is 3.27. The summed E-state index contributed by atoms with van der Waals surface area (Å²) in [6.45, 7) is 2.68. The highest BCUT2D eigenvalue weighted by Gasteiger charge is 2.18. The molecule has 0 spiro atoms. The summed E-state index contributed by atoms with van der Waals surface area (Å²) in [6, 6.07) is 20.0. The van der Waals surface area contributed by atoms with Gasteiger partial charge in [-0.25, -0.2) is 0 Å². The van der Waals surface area contributed by atoms with Gasteiger partial charge in [-0.1, -0.05) is 42.0 Å². The Labute approximate surface area is 168 Å². The van der Waals surface area contributed by atoms with Crippen molar-refractivity contribution in [2.24, 2.45) is 0 Å². The van der Waals surface area contributed by atoms with Gasteiger partial charge < -0.3 is 14.3 Å². The summed E-state index contributed by atoms with van der Waals surface area (Å²) < 4.78 is 7.55. The molecule has 0 unspecified atom stereocenters. The summed E-state index contributed by atoms with van der Waals surface area (Å²) >= 11 is 1.76. The number of carbonyl (C=O) groups is 1. The number of rotatable bonds is 6. The summed E-state index contributed by atoms with van der Waals surface area (Å²) in [7, 11) is 0. The SMILES string of the molecule is CSCc1cccc(NC(=O)c2cc3occc3n2Cc2ccc(C)cc2)c1. The molecule has 0 aliphatic carbocycles. The van der Waals surface area contributed by atoms with Crippen LogP contribution in [0.2, 0.25) is 0 Å². The third kappa shape index (κ3) is 3.85. The number of aromatic nitrogens is 1. The number of carbonyl (C=O) groups excluding carboxylic acids is 1. The molecule has 4 aromatic rings. The lowest BCUT2D eigenvalue weighted by atomic mass is 10.1. The molecule has 2 heterocycles. The Balaban J connectivity index is 1.64. The Morgan fingerprint density at radius 3 is 2.68 bits per heavy atom. The van der Waals surface area contributed by atoms with Crippen LogP contribution in [0.5, 0.6) is 0 Å². The minimum atomic E-state index is -0.139. The number of hydrogen-bond donors (Lipinski definition) is 1. The first-order chi connectivity index (χ1) is 13.6. The van der Waals surface area contributed by atoms with Crippen molar-refractivity contribution in [2.75, 3.05) is 11.6 Å². The summed E-state index contributed by atoms with van der Waals surface area (Å²) in [5.74, 6) is 0.778. The van der Waals surface area contributed by atoms with Crippen molar-refractivity contribution >= 4 is 34.5 Å². The summed E-state index contributed by atoms with van der Waals surface area (Å²) in [5, 5.41) is 3.03. The minimum Gasteiger partial charge on any atom is -0.463 e. The Bertz CT molecular complexity index is 1110. The fourth-order valence-corrected chi connectivity index (χ4v) is 3.83. The van der Waals surface area contributed by atoms with E-state index >= 15 is 0 Å². The van der Waals surface area contributed by atoms with Crippen LogP contribution in [0, 0.1) is 6.92 Å². The Morgan fingerprint density at radius 1 is 1.07 bits per heavy atom. The Morgan fingerprint density at radius 2 is 1.89 bits per heavy atom. The van der Waals surface area contributed by atoms with Crippen molar-refractivity contribution in [2.45, 2.75) is 19.2 Å². The molecule has 0 radical (unpaired) electrons. The van der Waals surface area contributed by atoms with E-state index in [1.54, 1.807) is 18.0 Å². The third-order valence-electron chi connectivity index (χ3n) is 4.71. The summed E-state index contributed by atoms with van der Waals surface area (Å²) in [6.07, 6.45) is 3.72. The van der Waals surface area contributed by atoms with Gasteiger partial charge in [0, 0.05) is 30.1 Å². The zero-order valence-corrected chi connectivity index (χ0v) is 16.8. The monoisotopic (exact) mass is 390 g/mol. The van der Waals surface area contributed by atoms with Gasteiger partial charge in [-0.2, -0.15) is 11.8 Å². The number of nitrogens with zero attached hydrogens (tertiary/aromatic N) is 1. The number of thioether (sulfide) groups is 1. The minimum absolute atomic E-state index is 0.139. The van der Waals surface area contributed by atoms with E-state index in [1.165, 1.54) is 11.1 Å². The Kier molecular flexibility index (Phi) is 5.26. The molecule has 0 atom stereocenters. The maximum absolute atomic E-state index is 13.0. The lowest BCUT2D eigenvalue weighted by Gasteiger charge is -2.12. The van der Waals surface area contributed by atoms with Crippen molar-refractivity contribution in [3.8, 4) is 0 Å². The number of amides is 1. The quantitative estimate of drug-likeness (QED) is 0.459. The highest BCUT2D eigenvalue weighted by Crippen LogP contribution is 2.24. The van der Waals surface area contributed by atoms with Gasteiger partial charge in [0.25, 0.3) is 5.91 Å². The highest BCUT2D eigenvalue weighted by atomic mass is 32.2. The molecule has 0 aliphatic rings. The number of furan rings is 1. The molecule has 0 saturated carbocycles. The first kappa shape index (κ1) is 18.4. The number of benzene rings is 2. The van der Waals surface area contributed by atoms with Crippen LogP contribution in [-0.4, -0.2) is 16.7 Å². The molecule has 0 aliphatic heterocycles. The van der Waals surface area contributed by atoms with Crippen LogP contribution in [0.3, 0.4) is 0 Å². The third-order valence-corrected chi connectivity index (χ3v) is 5.33. The predicted molar refractivity (Wildman–Crippen MR) is 116 cm³/mol. The fourth-order valence-electron chi connectivity index (χ4n) is 3.31. The van der Waals surface area contributed by atoms with Crippen molar-refractivity contribution in [1.82, 2.24) is 4.57 Å². The first-order valence-electron chi connectivity index (χ1n) is 9.15. The van der Waals surface area contributed by atoms with Crippen LogP contribution in [0.15, 0.2) is 71.3 Å². The molecule has 1 amide bonds.